The van der Waals surface area contributed by atoms with Gasteiger partial charge < -0.3 is 25.2 Å². The van der Waals surface area contributed by atoms with E-state index < -0.39 is 11.7 Å². The van der Waals surface area contributed by atoms with Crippen LogP contribution in [-0.4, -0.2) is 79.8 Å². The Morgan fingerprint density at radius 1 is 1.00 bits per heavy atom. The zero-order valence-corrected chi connectivity index (χ0v) is 16.0. The van der Waals surface area contributed by atoms with Crippen LogP contribution in [0.25, 0.3) is 0 Å². The first-order valence-electron chi connectivity index (χ1n) is 9.50. The van der Waals surface area contributed by atoms with Gasteiger partial charge in [-0.1, -0.05) is 0 Å². The first-order valence-corrected chi connectivity index (χ1v) is 9.50. The number of hydrogen-bond acceptors (Lipinski definition) is 5. The predicted octanol–water partition coefficient (Wildman–Crippen LogP) is 1.05. The van der Waals surface area contributed by atoms with Gasteiger partial charge in [-0.2, -0.15) is 0 Å². The van der Waals surface area contributed by atoms with Crippen LogP contribution in [0, 0.1) is 5.92 Å². The minimum absolute atomic E-state index is 0.0337. The molecular formula is C18H34N4O3. The average molecular weight is 354 g/mol. The highest BCUT2D eigenvalue weighted by Crippen LogP contribution is 2.29. The van der Waals surface area contributed by atoms with Gasteiger partial charge in [0.05, 0.1) is 0 Å². The molecule has 0 aromatic heterocycles. The minimum atomic E-state index is -0.504. The maximum absolute atomic E-state index is 11.9. The van der Waals surface area contributed by atoms with E-state index in [0.29, 0.717) is 19.5 Å². The Morgan fingerprint density at radius 2 is 1.60 bits per heavy atom. The summed E-state index contributed by atoms with van der Waals surface area (Å²) in [5, 5.41) is 5.47. The fraction of sp³-hybridized carbons (Fsp3) is 0.889. The molecule has 2 amide bonds. The van der Waals surface area contributed by atoms with E-state index in [1.807, 2.05) is 20.8 Å². The van der Waals surface area contributed by atoms with Crippen molar-refractivity contribution in [3.8, 4) is 0 Å². The molecule has 25 heavy (non-hydrogen) atoms. The molecule has 1 aliphatic heterocycles. The van der Waals surface area contributed by atoms with E-state index in [-0.39, 0.29) is 5.91 Å². The number of piperazine rings is 1. The van der Waals surface area contributed by atoms with Gasteiger partial charge in [0.25, 0.3) is 0 Å². The lowest BCUT2D eigenvalue weighted by Crippen LogP contribution is -2.47. The third-order valence-corrected chi connectivity index (χ3v) is 4.45. The number of hydrogen-bond donors (Lipinski definition) is 2. The lowest BCUT2D eigenvalue weighted by molar-refractivity contribution is -0.121. The molecule has 144 valence electrons. The molecule has 7 heteroatoms. The Hall–Kier alpha value is -1.34. The van der Waals surface area contributed by atoms with Gasteiger partial charge in [0.1, 0.15) is 5.60 Å². The molecule has 1 saturated carbocycles. The zero-order valence-electron chi connectivity index (χ0n) is 16.0. The molecule has 1 aliphatic carbocycles. The number of carbonyl (C=O) groups excluding carboxylic acids is 2. The van der Waals surface area contributed by atoms with Crippen LogP contribution in [0.2, 0.25) is 0 Å². The molecule has 0 radical (unpaired) electrons. The Morgan fingerprint density at radius 3 is 2.20 bits per heavy atom. The van der Waals surface area contributed by atoms with Crippen LogP contribution in [0.1, 0.15) is 40.0 Å². The Balaban J connectivity index is 1.46. The van der Waals surface area contributed by atoms with E-state index in [9.17, 15) is 9.59 Å². The van der Waals surface area contributed by atoms with E-state index in [1.165, 1.54) is 19.4 Å². The second-order valence-corrected chi connectivity index (χ2v) is 8.11. The molecular weight excluding hydrogens is 320 g/mol. The summed E-state index contributed by atoms with van der Waals surface area (Å²) in [5.41, 5.74) is -0.504. The van der Waals surface area contributed by atoms with Crippen molar-refractivity contribution in [3.05, 3.63) is 0 Å². The van der Waals surface area contributed by atoms with Gasteiger partial charge in [0.15, 0.2) is 0 Å². The maximum atomic E-state index is 11.9. The molecule has 0 atom stereocenters. The summed E-state index contributed by atoms with van der Waals surface area (Å²) < 4.78 is 5.13. The maximum Gasteiger partial charge on any atom is 0.407 e. The summed E-state index contributed by atoms with van der Waals surface area (Å²) in [7, 11) is 0. The summed E-state index contributed by atoms with van der Waals surface area (Å²) in [6.45, 7) is 12.7. The van der Waals surface area contributed by atoms with Crippen LogP contribution in [0.5, 0.6) is 0 Å². The second-order valence-electron chi connectivity index (χ2n) is 8.11. The number of rotatable bonds is 8. The number of nitrogens with zero attached hydrogens (tertiary/aromatic N) is 2. The summed E-state index contributed by atoms with van der Waals surface area (Å²) in [5.74, 6) is 0.984. The molecule has 1 saturated heterocycles. The number of amides is 2. The normalized spacial score (nSPS) is 19.5. The second kappa shape index (κ2) is 9.38. The van der Waals surface area contributed by atoms with Crippen molar-refractivity contribution in [2.75, 3.05) is 52.4 Å². The van der Waals surface area contributed by atoms with Gasteiger partial charge in [0.2, 0.25) is 5.91 Å². The summed E-state index contributed by atoms with van der Waals surface area (Å²) in [6, 6.07) is 0. The van der Waals surface area contributed by atoms with E-state index >= 15 is 0 Å². The van der Waals surface area contributed by atoms with Gasteiger partial charge in [-0.05, 0) is 39.5 Å². The fourth-order valence-electron chi connectivity index (χ4n) is 2.89. The monoisotopic (exact) mass is 354 g/mol. The van der Waals surface area contributed by atoms with Crippen LogP contribution < -0.4 is 10.6 Å². The topological polar surface area (TPSA) is 73.9 Å². The number of alkyl carbamates (subject to hydrolysis) is 1. The van der Waals surface area contributed by atoms with Crippen molar-refractivity contribution in [1.82, 2.24) is 20.4 Å². The molecule has 0 bridgehead atoms. The SMILES string of the molecule is CC(C)(C)OC(=O)NCCNC(=O)CCN1CCN(CC2CC2)CC1. The lowest BCUT2D eigenvalue weighted by atomic mass is 10.2. The summed E-state index contributed by atoms with van der Waals surface area (Å²) in [4.78, 5) is 28.3. The van der Waals surface area contributed by atoms with Crippen molar-refractivity contribution in [1.29, 1.82) is 0 Å². The molecule has 0 spiro atoms. The highest BCUT2D eigenvalue weighted by molar-refractivity contribution is 5.76. The zero-order chi connectivity index (χ0) is 18.3. The molecule has 2 fully saturated rings. The molecule has 1 heterocycles. The van der Waals surface area contributed by atoms with E-state index in [1.54, 1.807) is 0 Å². The predicted molar refractivity (Wildman–Crippen MR) is 97.5 cm³/mol. The van der Waals surface area contributed by atoms with Gasteiger partial charge >= 0.3 is 6.09 Å². The van der Waals surface area contributed by atoms with Crippen LogP contribution in [0.15, 0.2) is 0 Å². The van der Waals surface area contributed by atoms with Gasteiger partial charge in [-0.25, -0.2) is 4.79 Å². The molecule has 7 nitrogen and oxygen atoms in total. The van der Waals surface area contributed by atoms with Crippen LogP contribution >= 0.6 is 0 Å². The molecule has 0 aromatic carbocycles. The third-order valence-electron chi connectivity index (χ3n) is 4.45. The number of nitrogens with one attached hydrogen (secondary N) is 2. The first kappa shape index (κ1) is 20.0. The first-order chi connectivity index (χ1) is 11.8. The summed E-state index contributed by atoms with van der Waals surface area (Å²) in [6.07, 6.45) is 2.87. The van der Waals surface area contributed by atoms with E-state index in [4.69, 9.17) is 4.74 Å². The van der Waals surface area contributed by atoms with Crippen LogP contribution in [0.4, 0.5) is 4.79 Å². The molecule has 2 aliphatic rings. The Labute approximate surface area is 151 Å². The number of carbonyl (C=O) groups is 2. The quantitative estimate of drug-likeness (QED) is 0.637. The van der Waals surface area contributed by atoms with Gasteiger partial charge in [0, 0.05) is 58.8 Å². The fourth-order valence-corrected chi connectivity index (χ4v) is 2.89. The van der Waals surface area contributed by atoms with Crippen molar-refractivity contribution < 1.29 is 14.3 Å². The minimum Gasteiger partial charge on any atom is -0.444 e. The van der Waals surface area contributed by atoms with Crippen molar-refractivity contribution >= 4 is 12.0 Å². The average Bonchev–Trinajstić information content (AvgIpc) is 3.33. The summed E-state index contributed by atoms with van der Waals surface area (Å²) >= 11 is 0. The van der Waals surface area contributed by atoms with Crippen LogP contribution in [-0.2, 0) is 9.53 Å². The standard InChI is InChI=1S/C18H34N4O3/c1-18(2,3)25-17(24)20-8-7-19-16(23)6-9-21-10-12-22(13-11-21)14-15-4-5-15/h15H,4-14H2,1-3H3,(H,19,23)(H,20,24). The van der Waals surface area contributed by atoms with Crippen molar-refractivity contribution in [3.63, 3.8) is 0 Å². The van der Waals surface area contributed by atoms with E-state index in [0.717, 1.165) is 38.6 Å². The number of ether oxygens (including phenoxy) is 1. The highest BCUT2D eigenvalue weighted by atomic mass is 16.6. The molecule has 0 unspecified atom stereocenters. The van der Waals surface area contributed by atoms with Gasteiger partial charge in [-0.15, -0.1) is 0 Å². The van der Waals surface area contributed by atoms with Crippen molar-refractivity contribution in [2.24, 2.45) is 5.92 Å². The van der Waals surface area contributed by atoms with E-state index in [2.05, 4.69) is 20.4 Å². The molecule has 0 aromatic rings. The van der Waals surface area contributed by atoms with Gasteiger partial charge in [-0.3, -0.25) is 4.79 Å². The Bertz CT molecular complexity index is 438. The molecule has 2 rings (SSSR count). The largest absolute Gasteiger partial charge is 0.444 e. The Kier molecular flexibility index (Phi) is 7.50. The van der Waals surface area contributed by atoms with Crippen LogP contribution in [0.3, 0.4) is 0 Å². The smallest absolute Gasteiger partial charge is 0.407 e. The molecule has 2 N–H and O–H groups in total. The lowest BCUT2D eigenvalue weighted by Gasteiger charge is -2.34. The highest BCUT2D eigenvalue weighted by Gasteiger charge is 2.26. The van der Waals surface area contributed by atoms with Crippen molar-refractivity contribution in [2.45, 2.75) is 45.6 Å². The third kappa shape index (κ3) is 9.07.